The first-order valence-corrected chi connectivity index (χ1v) is 22.5. The van der Waals surface area contributed by atoms with Crippen LogP contribution in [0.2, 0.25) is 0 Å². The van der Waals surface area contributed by atoms with Gasteiger partial charge in [-0.15, -0.1) is 0 Å². The van der Waals surface area contributed by atoms with Crippen LogP contribution in [-0.4, -0.2) is 143 Å². The summed E-state index contributed by atoms with van der Waals surface area (Å²) in [6, 6.07) is 8.77. The molecule has 4 aromatic heterocycles. The van der Waals surface area contributed by atoms with Crippen molar-refractivity contribution in [2.24, 2.45) is 0 Å². The van der Waals surface area contributed by atoms with Crippen LogP contribution in [0.3, 0.4) is 0 Å². The zero-order valence-corrected chi connectivity index (χ0v) is 35.2. The fraction of sp³-hybridized carbons (Fsp3) is 0.439. The predicted octanol–water partition coefficient (Wildman–Crippen LogP) is 2.99. The number of aromatic nitrogens is 7. The molecular weight excluding hydrogens is 817 g/mol. The number of hydrogen-bond donors (Lipinski definition) is 2. The molecule has 5 amide bonds. The fourth-order valence-corrected chi connectivity index (χ4v) is 10.3. The van der Waals surface area contributed by atoms with Crippen LogP contribution in [0.5, 0.6) is 0 Å². The molecule has 1 aliphatic carbocycles. The van der Waals surface area contributed by atoms with Gasteiger partial charge in [-0.1, -0.05) is 6.07 Å². The van der Waals surface area contributed by atoms with E-state index < -0.39 is 33.8 Å². The molecule has 0 radical (unpaired) electrons. The summed E-state index contributed by atoms with van der Waals surface area (Å²) in [7, 11) is -3.50. The van der Waals surface area contributed by atoms with Crippen LogP contribution in [-0.2, 0) is 21.4 Å². The van der Waals surface area contributed by atoms with E-state index in [4.69, 9.17) is 10.1 Å². The number of carbonyl (C=O) groups excluding carboxylic acids is 4. The summed E-state index contributed by atoms with van der Waals surface area (Å²) < 4.78 is 28.4. The first-order chi connectivity index (χ1) is 29.9. The van der Waals surface area contributed by atoms with Crippen LogP contribution in [0.15, 0.2) is 55.1 Å². The molecule has 5 aliphatic rings. The predicted molar refractivity (Wildman–Crippen MR) is 226 cm³/mol. The van der Waals surface area contributed by atoms with Crippen LogP contribution >= 0.6 is 0 Å². The maximum Gasteiger partial charge on any atom is 0.343 e. The number of carbonyl (C=O) groups is 4. The van der Waals surface area contributed by atoms with Crippen molar-refractivity contribution >= 4 is 62.1 Å². The third kappa shape index (κ3) is 7.32. The number of imide groups is 2. The van der Waals surface area contributed by atoms with Crippen molar-refractivity contribution < 1.29 is 27.6 Å². The Bertz CT molecular complexity index is 2730. The molecule has 62 heavy (non-hydrogen) atoms. The van der Waals surface area contributed by atoms with Crippen LogP contribution in [0.25, 0.3) is 22.3 Å². The zero-order chi connectivity index (χ0) is 42.9. The van der Waals surface area contributed by atoms with Gasteiger partial charge in [-0.05, 0) is 63.3 Å². The molecule has 2 N–H and O–H groups in total. The maximum absolute atomic E-state index is 13.3. The van der Waals surface area contributed by atoms with Crippen molar-refractivity contribution in [3.8, 4) is 11.4 Å². The Morgan fingerprint density at radius 3 is 2.37 bits per heavy atom. The van der Waals surface area contributed by atoms with Gasteiger partial charge in [0.1, 0.15) is 11.6 Å². The van der Waals surface area contributed by atoms with E-state index in [1.807, 2.05) is 23.0 Å². The molecule has 322 valence electrons. The Hall–Kier alpha value is -6.32. The SMILES string of the molecule is CC(C)n1nc(N2CCC(N3CCN(Cc4ccc5c(c4)C(=O)N(N4CCC(=O)NC4=O)C5=O)CC3)CC2)c2cnc(Nc3ccnc(-c4cnn(S(=O)(=O)C5CC5)c4)n3)cc21. The van der Waals surface area contributed by atoms with E-state index in [0.29, 0.717) is 48.5 Å². The number of fused-ring (bicyclic) bond motifs is 2. The molecule has 3 saturated heterocycles. The Labute approximate surface area is 356 Å². The van der Waals surface area contributed by atoms with E-state index in [-0.39, 0.29) is 35.4 Å². The third-order valence-electron chi connectivity index (χ3n) is 12.3. The molecule has 0 unspecified atom stereocenters. The van der Waals surface area contributed by atoms with Gasteiger partial charge in [0.05, 0.1) is 51.8 Å². The number of nitrogens with one attached hydrogen (secondary N) is 2. The smallest absolute Gasteiger partial charge is 0.343 e. The number of nitrogens with zero attached hydrogens (tertiary/aromatic N) is 12. The van der Waals surface area contributed by atoms with E-state index in [9.17, 15) is 27.6 Å². The van der Waals surface area contributed by atoms with E-state index >= 15 is 0 Å². The summed E-state index contributed by atoms with van der Waals surface area (Å²) in [6.07, 6.45) is 9.72. The maximum atomic E-state index is 13.3. The molecule has 5 aromatic rings. The van der Waals surface area contributed by atoms with E-state index in [0.717, 1.165) is 88.5 Å². The van der Waals surface area contributed by atoms with E-state index in [1.165, 1.54) is 12.4 Å². The molecule has 8 heterocycles. The number of piperidine rings is 1. The van der Waals surface area contributed by atoms with Gasteiger partial charge >= 0.3 is 6.03 Å². The van der Waals surface area contributed by atoms with E-state index in [2.05, 4.69) is 54.2 Å². The van der Waals surface area contributed by atoms with Crippen molar-refractivity contribution in [3.05, 3.63) is 71.8 Å². The first kappa shape index (κ1) is 39.8. The first-order valence-electron chi connectivity index (χ1n) is 21.0. The van der Waals surface area contributed by atoms with Gasteiger partial charge in [0.15, 0.2) is 11.6 Å². The molecule has 4 aliphatic heterocycles. The second-order valence-corrected chi connectivity index (χ2v) is 18.8. The van der Waals surface area contributed by atoms with Gasteiger partial charge in [-0.2, -0.15) is 19.3 Å². The highest BCUT2D eigenvalue weighted by atomic mass is 32.2. The number of pyridine rings is 1. The molecule has 0 spiro atoms. The Morgan fingerprint density at radius 1 is 0.855 bits per heavy atom. The number of piperazine rings is 1. The number of amides is 5. The lowest BCUT2D eigenvalue weighted by atomic mass is 10.0. The second-order valence-electron chi connectivity index (χ2n) is 16.7. The number of urea groups is 1. The largest absolute Gasteiger partial charge is 0.354 e. The lowest BCUT2D eigenvalue weighted by molar-refractivity contribution is -0.122. The second kappa shape index (κ2) is 15.5. The minimum atomic E-state index is -3.50. The van der Waals surface area contributed by atoms with E-state index in [1.54, 1.807) is 24.4 Å². The molecule has 20 nitrogen and oxygen atoms in total. The van der Waals surface area contributed by atoms with Gasteiger partial charge in [0, 0.05) is 82.8 Å². The molecule has 10 rings (SSSR count). The Morgan fingerprint density at radius 2 is 1.63 bits per heavy atom. The number of hydrazine groups is 1. The Kier molecular flexibility index (Phi) is 9.98. The van der Waals surface area contributed by atoms with Gasteiger partial charge in [0.2, 0.25) is 5.91 Å². The van der Waals surface area contributed by atoms with Crippen LogP contribution in [0.1, 0.15) is 78.3 Å². The average Bonchev–Trinajstić information content (AvgIpc) is 3.81. The molecule has 0 atom stereocenters. The van der Waals surface area contributed by atoms with Gasteiger partial charge < -0.3 is 10.2 Å². The minimum Gasteiger partial charge on any atom is -0.354 e. The lowest BCUT2D eigenvalue weighted by Gasteiger charge is -2.43. The highest BCUT2D eigenvalue weighted by molar-refractivity contribution is 7.90. The molecular formula is C41H46N14O6S. The average molecular weight is 863 g/mol. The number of anilines is 3. The summed E-state index contributed by atoms with van der Waals surface area (Å²) >= 11 is 0. The molecule has 1 aromatic carbocycles. The fourth-order valence-electron chi connectivity index (χ4n) is 8.82. The Balaban J connectivity index is 0.750. The molecule has 21 heteroatoms. The highest BCUT2D eigenvalue weighted by Gasteiger charge is 2.43. The topological polar surface area (TPSA) is 217 Å². The summed E-state index contributed by atoms with van der Waals surface area (Å²) in [5.74, 6) is 0.811. The minimum absolute atomic E-state index is 0.0135. The van der Waals surface area contributed by atoms with Crippen LogP contribution in [0.4, 0.5) is 22.2 Å². The number of hydrogen-bond acceptors (Lipinski definition) is 15. The van der Waals surface area contributed by atoms with Crippen molar-refractivity contribution in [1.82, 2.24) is 59.1 Å². The van der Waals surface area contributed by atoms with Gasteiger partial charge in [-0.25, -0.2) is 33.2 Å². The summed E-state index contributed by atoms with van der Waals surface area (Å²) in [4.78, 5) is 71.5. The quantitative estimate of drug-likeness (QED) is 0.183. The summed E-state index contributed by atoms with van der Waals surface area (Å²) in [5.41, 5.74) is 2.90. The monoisotopic (exact) mass is 862 g/mol. The summed E-state index contributed by atoms with van der Waals surface area (Å²) in [5, 5.41) is 17.1. The van der Waals surface area contributed by atoms with Crippen molar-refractivity contribution in [2.75, 3.05) is 56.0 Å². The van der Waals surface area contributed by atoms with Crippen LogP contribution < -0.4 is 15.5 Å². The van der Waals surface area contributed by atoms with Crippen molar-refractivity contribution in [1.29, 1.82) is 0 Å². The highest BCUT2D eigenvalue weighted by Crippen LogP contribution is 2.34. The van der Waals surface area contributed by atoms with Gasteiger partial charge in [-0.3, -0.25) is 34.2 Å². The normalized spacial score (nSPS) is 19.6. The molecule has 1 saturated carbocycles. The lowest BCUT2D eigenvalue weighted by Crippen LogP contribution is -2.58. The summed E-state index contributed by atoms with van der Waals surface area (Å²) in [6.45, 7) is 10.1. The third-order valence-corrected chi connectivity index (χ3v) is 14.3. The zero-order valence-electron chi connectivity index (χ0n) is 34.3. The standard InChI is InChI=1S/C41H46N14O6S/c1-25(2)54-33-20-35(45-34-7-11-42-37(46-34)27-21-44-53(24-27)62(60,61)29-4-5-29)43-22-32(33)38(48-54)51-12-8-28(9-13-51)50-17-15-49(16-18-50)23-26-3-6-30-31(19-26)40(58)55(39(30)57)52-14-10-36(56)47-41(52)59/h3,6-7,11,19-22,24-25,28-29H,4-5,8-10,12-18,23H2,1-2H3,(H,47,56,59)(H,42,43,45,46). The number of rotatable bonds is 11. The van der Waals surface area contributed by atoms with Gasteiger partial charge in [0.25, 0.3) is 21.8 Å². The van der Waals surface area contributed by atoms with Crippen molar-refractivity contribution in [3.63, 3.8) is 0 Å². The van der Waals surface area contributed by atoms with Crippen LogP contribution in [0, 0.1) is 0 Å². The molecule has 4 fully saturated rings. The molecule has 0 bridgehead atoms. The van der Waals surface area contributed by atoms with Crippen molar-refractivity contribution in [2.45, 2.75) is 69.8 Å². The number of benzene rings is 1.